The van der Waals surface area contributed by atoms with Crippen molar-refractivity contribution in [3.63, 3.8) is 0 Å². The van der Waals surface area contributed by atoms with Crippen LogP contribution in [0.2, 0.25) is 0 Å². The van der Waals surface area contributed by atoms with Gasteiger partial charge in [0, 0.05) is 5.33 Å². The van der Waals surface area contributed by atoms with E-state index in [-0.39, 0.29) is 0 Å². The highest BCUT2D eigenvalue weighted by Crippen LogP contribution is 2.49. The molecule has 1 heteroatoms. The minimum atomic E-state index is 0.756. The zero-order valence-electron chi connectivity index (χ0n) is 8.95. The highest BCUT2D eigenvalue weighted by atomic mass is 79.9. The fourth-order valence-corrected chi connectivity index (χ4v) is 2.59. The van der Waals surface area contributed by atoms with E-state index >= 15 is 0 Å². The molecule has 1 aliphatic carbocycles. The van der Waals surface area contributed by atoms with Crippen molar-refractivity contribution >= 4 is 15.9 Å². The van der Waals surface area contributed by atoms with Crippen LogP contribution in [0.5, 0.6) is 0 Å². The predicted octanol–water partition coefficient (Wildman–Crippen LogP) is 4.21. The van der Waals surface area contributed by atoms with Crippen molar-refractivity contribution < 1.29 is 0 Å². The highest BCUT2D eigenvalue weighted by molar-refractivity contribution is 9.09. The van der Waals surface area contributed by atoms with Crippen LogP contribution in [0.1, 0.15) is 18.4 Å². The summed E-state index contributed by atoms with van der Waals surface area (Å²) in [6.45, 7) is 4.16. The van der Waals surface area contributed by atoms with E-state index in [4.69, 9.17) is 0 Å². The first-order valence-electron chi connectivity index (χ1n) is 5.61. The van der Waals surface area contributed by atoms with Crippen molar-refractivity contribution in [1.29, 1.82) is 0 Å². The molecule has 0 N–H and O–H groups in total. The average molecular weight is 265 g/mol. The van der Waals surface area contributed by atoms with Gasteiger partial charge in [0.1, 0.15) is 0 Å². The molecule has 1 aromatic carbocycles. The number of hydrogen-bond acceptors (Lipinski definition) is 0. The van der Waals surface area contributed by atoms with Gasteiger partial charge in [-0.15, -0.1) is 0 Å². The largest absolute Gasteiger partial charge is 0.0992 e. The molecule has 0 amide bonds. The van der Waals surface area contributed by atoms with Crippen molar-refractivity contribution in [2.45, 2.75) is 19.3 Å². The SMILES string of the molecule is C=C1[C@H](CCCBr)[C@H]1Cc1ccccc1. The van der Waals surface area contributed by atoms with Gasteiger partial charge < -0.3 is 0 Å². The van der Waals surface area contributed by atoms with Gasteiger partial charge in [-0.25, -0.2) is 0 Å². The number of hydrogen-bond donors (Lipinski definition) is 0. The monoisotopic (exact) mass is 264 g/mol. The van der Waals surface area contributed by atoms with Gasteiger partial charge in [0.25, 0.3) is 0 Å². The van der Waals surface area contributed by atoms with E-state index < -0.39 is 0 Å². The first kappa shape index (κ1) is 10.9. The Kier molecular flexibility index (Phi) is 3.63. The molecule has 0 heterocycles. The number of rotatable bonds is 5. The third-order valence-corrected chi connectivity index (χ3v) is 3.84. The van der Waals surface area contributed by atoms with Crippen LogP contribution < -0.4 is 0 Å². The molecule has 0 aromatic heterocycles. The number of alkyl halides is 1. The molecule has 80 valence electrons. The Labute approximate surface area is 101 Å². The van der Waals surface area contributed by atoms with Crippen LogP contribution in [0.15, 0.2) is 42.5 Å². The third kappa shape index (κ3) is 2.72. The maximum Gasteiger partial charge on any atom is 0.00315 e. The molecule has 0 spiro atoms. The Morgan fingerprint density at radius 1 is 1.13 bits per heavy atom. The minimum absolute atomic E-state index is 0.756. The second-order valence-corrected chi connectivity index (χ2v) is 5.10. The summed E-state index contributed by atoms with van der Waals surface area (Å²) in [5.41, 5.74) is 2.92. The van der Waals surface area contributed by atoms with Gasteiger partial charge in [0.2, 0.25) is 0 Å². The average Bonchev–Trinajstić information content (AvgIpc) is 2.87. The lowest BCUT2D eigenvalue weighted by atomic mass is 10.1. The van der Waals surface area contributed by atoms with Crippen molar-refractivity contribution in [1.82, 2.24) is 0 Å². The van der Waals surface area contributed by atoms with Crippen molar-refractivity contribution in [3.8, 4) is 0 Å². The minimum Gasteiger partial charge on any atom is -0.0992 e. The molecule has 0 aliphatic heterocycles. The van der Waals surface area contributed by atoms with Crippen molar-refractivity contribution in [2.24, 2.45) is 11.8 Å². The second kappa shape index (κ2) is 4.98. The Morgan fingerprint density at radius 3 is 2.53 bits per heavy atom. The summed E-state index contributed by atoms with van der Waals surface area (Å²) in [6.07, 6.45) is 3.77. The van der Waals surface area contributed by atoms with Gasteiger partial charge in [0.15, 0.2) is 0 Å². The Morgan fingerprint density at radius 2 is 1.87 bits per heavy atom. The molecule has 0 radical (unpaired) electrons. The summed E-state index contributed by atoms with van der Waals surface area (Å²) < 4.78 is 0. The van der Waals surface area contributed by atoms with Crippen LogP contribution in [0.4, 0.5) is 0 Å². The summed E-state index contributed by atoms with van der Waals surface area (Å²) in [7, 11) is 0. The van der Waals surface area contributed by atoms with Crippen LogP contribution >= 0.6 is 15.9 Å². The molecule has 2 atom stereocenters. The van der Waals surface area contributed by atoms with Crippen molar-refractivity contribution in [2.75, 3.05) is 5.33 Å². The lowest BCUT2D eigenvalue weighted by Crippen LogP contribution is -1.90. The Bertz CT molecular complexity index is 328. The van der Waals surface area contributed by atoms with Gasteiger partial charge in [-0.1, -0.05) is 58.4 Å². The third-order valence-electron chi connectivity index (χ3n) is 3.28. The van der Waals surface area contributed by atoms with E-state index in [0.29, 0.717) is 0 Å². The second-order valence-electron chi connectivity index (χ2n) is 4.31. The van der Waals surface area contributed by atoms with Crippen molar-refractivity contribution in [3.05, 3.63) is 48.0 Å². The number of allylic oxidation sites excluding steroid dienone is 1. The molecular weight excluding hydrogens is 248 g/mol. The summed E-state index contributed by atoms with van der Waals surface area (Å²) in [4.78, 5) is 0. The van der Waals surface area contributed by atoms with Gasteiger partial charge in [-0.3, -0.25) is 0 Å². The van der Waals surface area contributed by atoms with Gasteiger partial charge in [0.05, 0.1) is 0 Å². The quantitative estimate of drug-likeness (QED) is 0.552. The summed E-state index contributed by atoms with van der Waals surface area (Å²) in [5, 5.41) is 1.12. The number of halogens is 1. The van der Waals surface area contributed by atoms with E-state index in [0.717, 1.165) is 17.2 Å². The number of benzene rings is 1. The summed E-state index contributed by atoms with van der Waals surface area (Å²) in [6, 6.07) is 10.7. The van der Waals surface area contributed by atoms with E-state index in [1.165, 1.54) is 30.4 Å². The molecule has 1 saturated carbocycles. The molecule has 0 saturated heterocycles. The maximum atomic E-state index is 4.16. The van der Waals surface area contributed by atoms with Gasteiger partial charge in [-0.2, -0.15) is 0 Å². The van der Waals surface area contributed by atoms with Gasteiger partial charge in [-0.05, 0) is 36.7 Å². The molecule has 0 unspecified atom stereocenters. The maximum absolute atomic E-state index is 4.16. The molecule has 0 bridgehead atoms. The molecular formula is C14H17Br. The highest BCUT2D eigenvalue weighted by Gasteiger charge is 2.40. The zero-order chi connectivity index (χ0) is 10.7. The molecule has 2 rings (SSSR count). The Hall–Kier alpha value is -0.560. The van der Waals surface area contributed by atoms with Gasteiger partial charge >= 0.3 is 0 Å². The van der Waals surface area contributed by atoms with Crippen LogP contribution in [0.25, 0.3) is 0 Å². The topological polar surface area (TPSA) is 0 Å². The first-order valence-corrected chi connectivity index (χ1v) is 6.73. The standard InChI is InChI=1S/C14H17Br/c1-11-13(8-5-9-15)14(11)10-12-6-3-2-4-7-12/h2-4,6-7,13-14H,1,5,8-10H2/t13-,14-/m0/s1. The Balaban J connectivity index is 1.85. The lowest BCUT2D eigenvalue weighted by Gasteiger charge is -1.99. The molecule has 1 aromatic rings. The van der Waals surface area contributed by atoms with Crippen LogP contribution in [0.3, 0.4) is 0 Å². The smallest absolute Gasteiger partial charge is 0.00315 e. The summed E-state index contributed by atoms with van der Waals surface area (Å²) >= 11 is 3.48. The molecule has 15 heavy (non-hydrogen) atoms. The normalized spacial score (nSPS) is 24.2. The molecule has 0 nitrogen and oxygen atoms in total. The zero-order valence-corrected chi connectivity index (χ0v) is 10.5. The fraction of sp³-hybridized carbons (Fsp3) is 0.429. The van der Waals surface area contributed by atoms with E-state index in [2.05, 4.69) is 52.8 Å². The van der Waals surface area contributed by atoms with Crippen LogP contribution in [0, 0.1) is 11.8 Å². The molecule has 1 fully saturated rings. The fourth-order valence-electron chi connectivity index (χ4n) is 2.27. The summed E-state index contributed by atoms with van der Waals surface area (Å²) in [5.74, 6) is 1.55. The lowest BCUT2D eigenvalue weighted by molar-refractivity contribution is 0.636. The predicted molar refractivity (Wildman–Crippen MR) is 69.3 cm³/mol. The van der Waals surface area contributed by atoms with E-state index in [9.17, 15) is 0 Å². The van der Waals surface area contributed by atoms with Crippen LogP contribution in [-0.2, 0) is 6.42 Å². The first-order chi connectivity index (χ1) is 7.33. The van der Waals surface area contributed by atoms with E-state index in [1.54, 1.807) is 0 Å². The van der Waals surface area contributed by atoms with Crippen LogP contribution in [-0.4, -0.2) is 5.33 Å². The van der Waals surface area contributed by atoms with E-state index in [1.807, 2.05) is 0 Å². The molecule has 1 aliphatic rings.